The molecule has 1 aromatic rings. The number of aliphatic hydroxyl groups is 1. The monoisotopic (exact) mass is 316 g/mol. The van der Waals surface area contributed by atoms with E-state index in [-0.39, 0.29) is 17.2 Å². The fraction of sp³-hybridized carbons (Fsp3) is 0.632. The van der Waals surface area contributed by atoms with Gasteiger partial charge < -0.3 is 14.9 Å². The summed E-state index contributed by atoms with van der Waals surface area (Å²) in [6.45, 7) is 7.13. The molecule has 2 atom stereocenters. The maximum atomic E-state index is 12.5. The molecule has 126 valence electrons. The first-order valence-electron chi connectivity index (χ1n) is 8.54. The van der Waals surface area contributed by atoms with Gasteiger partial charge in [0.15, 0.2) is 0 Å². The maximum absolute atomic E-state index is 12.5. The topological polar surface area (TPSA) is 43.8 Å². The van der Waals surface area contributed by atoms with Gasteiger partial charge in [-0.15, -0.1) is 0 Å². The Labute approximate surface area is 139 Å². The van der Waals surface area contributed by atoms with E-state index in [9.17, 15) is 9.90 Å². The van der Waals surface area contributed by atoms with Crippen LogP contribution in [0, 0.1) is 5.41 Å². The molecular formula is C19H28N2O2. The third-order valence-electron chi connectivity index (χ3n) is 5.77. The van der Waals surface area contributed by atoms with Crippen LogP contribution in [0.5, 0.6) is 0 Å². The van der Waals surface area contributed by atoms with Gasteiger partial charge in [0.05, 0.1) is 12.1 Å². The van der Waals surface area contributed by atoms with Gasteiger partial charge in [-0.25, -0.2) is 0 Å². The van der Waals surface area contributed by atoms with Crippen molar-refractivity contribution in [2.24, 2.45) is 5.41 Å². The van der Waals surface area contributed by atoms with E-state index in [1.807, 2.05) is 23.1 Å². The summed E-state index contributed by atoms with van der Waals surface area (Å²) in [5.74, 6) is 0.420. The van der Waals surface area contributed by atoms with Crippen LogP contribution in [0.1, 0.15) is 38.2 Å². The predicted molar refractivity (Wildman–Crippen MR) is 91.2 cm³/mol. The van der Waals surface area contributed by atoms with Crippen LogP contribution in [0.4, 0.5) is 0 Å². The van der Waals surface area contributed by atoms with Crippen molar-refractivity contribution < 1.29 is 9.90 Å². The molecule has 0 aromatic heterocycles. The summed E-state index contributed by atoms with van der Waals surface area (Å²) in [7, 11) is 2.09. The Bertz CT molecular complexity index is 572. The number of piperidine rings is 1. The summed E-state index contributed by atoms with van der Waals surface area (Å²) >= 11 is 0. The molecule has 2 fully saturated rings. The van der Waals surface area contributed by atoms with Crippen LogP contribution in [0.3, 0.4) is 0 Å². The Kier molecular flexibility index (Phi) is 4.23. The van der Waals surface area contributed by atoms with Gasteiger partial charge in [0.2, 0.25) is 5.91 Å². The maximum Gasteiger partial charge on any atom is 0.223 e. The highest BCUT2D eigenvalue weighted by Gasteiger charge is 2.49. The Balaban J connectivity index is 1.72. The van der Waals surface area contributed by atoms with E-state index in [1.54, 1.807) is 0 Å². The van der Waals surface area contributed by atoms with Gasteiger partial charge in [-0.2, -0.15) is 0 Å². The molecule has 2 aliphatic heterocycles. The molecule has 0 saturated carbocycles. The van der Waals surface area contributed by atoms with Crippen LogP contribution in [-0.4, -0.2) is 59.6 Å². The van der Waals surface area contributed by atoms with E-state index in [1.165, 1.54) is 5.56 Å². The van der Waals surface area contributed by atoms with Crippen molar-refractivity contribution in [2.75, 3.05) is 33.2 Å². The van der Waals surface area contributed by atoms with Gasteiger partial charge in [-0.1, -0.05) is 44.2 Å². The second-order valence-electron chi connectivity index (χ2n) is 7.99. The van der Waals surface area contributed by atoms with Crippen molar-refractivity contribution in [3.8, 4) is 0 Å². The van der Waals surface area contributed by atoms with E-state index >= 15 is 0 Å². The second-order valence-corrected chi connectivity index (χ2v) is 7.99. The number of β-amino-alcohol motifs (C(OH)–C–C–N with tert-alkyl or cyclic N) is 1. The number of carbonyl (C=O) groups excluding carboxylic acids is 1. The summed E-state index contributed by atoms with van der Waals surface area (Å²) < 4.78 is 0. The van der Waals surface area contributed by atoms with E-state index in [4.69, 9.17) is 0 Å². The number of benzene rings is 1. The van der Waals surface area contributed by atoms with Gasteiger partial charge in [-0.3, -0.25) is 4.79 Å². The van der Waals surface area contributed by atoms with Crippen molar-refractivity contribution in [1.82, 2.24) is 9.80 Å². The normalized spacial score (nSPS) is 31.6. The molecule has 4 heteroatoms. The predicted octanol–water partition coefficient (Wildman–Crippen LogP) is 2.10. The SMILES string of the molecule is CN1CCC(O)(CN2CC(c3ccccc3)CC2=O)C(C)(C)C1. The standard InChI is InChI=1S/C19H28N2O2/c1-18(2)13-20(3)10-9-19(18,23)14-21-12-16(11-17(21)22)15-7-5-4-6-8-15/h4-8,16,23H,9-14H2,1-3H3. The van der Waals surface area contributed by atoms with Gasteiger partial charge in [0, 0.05) is 37.4 Å². The molecule has 23 heavy (non-hydrogen) atoms. The first-order valence-corrected chi connectivity index (χ1v) is 8.54. The third kappa shape index (κ3) is 3.15. The molecule has 0 radical (unpaired) electrons. The summed E-state index contributed by atoms with van der Waals surface area (Å²) in [4.78, 5) is 16.6. The number of hydrogen-bond acceptors (Lipinski definition) is 3. The van der Waals surface area contributed by atoms with E-state index in [0.29, 0.717) is 13.0 Å². The third-order valence-corrected chi connectivity index (χ3v) is 5.77. The average molecular weight is 316 g/mol. The number of carbonyl (C=O) groups is 1. The smallest absolute Gasteiger partial charge is 0.223 e. The zero-order valence-corrected chi connectivity index (χ0v) is 14.5. The van der Waals surface area contributed by atoms with Crippen molar-refractivity contribution in [3.63, 3.8) is 0 Å². The molecule has 2 saturated heterocycles. The zero-order valence-electron chi connectivity index (χ0n) is 14.5. The van der Waals surface area contributed by atoms with E-state index < -0.39 is 5.60 Å². The fourth-order valence-electron chi connectivity index (χ4n) is 4.10. The Morgan fingerprint density at radius 1 is 1.26 bits per heavy atom. The number of nitrogens with zero attached hydrogens (tertiary/aromatic N) is 2. The lowest BCUT2D eigenvalue weighted by Gasteiger charge is -2.50. The van der Waals surface area contributed by atoms with Gasteiger partial charge in [-0.05, 0) is 19.0 Å². The van der Waals surface area contributed by atoms with E-state index in [0.717, 1.165) is 26.1 Å². The molecule has 2 heterocycles. The quantitative estimate of drug-likeness (QED) is 0.929. The van der Waals surface area contributed by atoms with Crippen LogP contribution >= 0.6 is 0 Å². The van der Waals surface area contributed by atoms with Gasteiger partial charge >= 0.3 is 0 Å². The van der Waals surface area contributed by atoms with Crippen LogP contribution in [0.2, 0.25) is 0 Å². The van der Waals surface area contributed by atoms with Gasteiger partial charge in [0.25, 0.3) is 0 Å². The molecule has 0 aliphatic carbocycles. The summed E-state index contributed by atoms with van der Waals surface area (Å²) in [5.41, 5.74) is 0.198. The van der Waals surface area contributed by atoms with Gasteiger partial charge in [0.1, 0.15) is 0 Å². The minimum atomic E-state index is -0.805. The van der Waals surface area contributed by atoms with Crippen LogP contribution in [0.15, 0.2) is 30.3 Å². The Morgan fingerprint density at radius 3 is 2.61 bits per heavy atom. The molecule has 1 N–H and O–H groups in total. The first kappa shape index (κ1) is 16.5. The molecular weight excluding hydrogens is 288 g/mol. The number of hydrogen-bond donors (Lipinski definition) is 1. The Morgan fingerprint density at radius 2 is 1.96 bits per heavy atom. The summed E-state index contributed by atoms with van der Waals surface area (Å²) in [6, 6.07) is 10.2. The lowest BCUT2D eigenvalue weighted by Crippen LogP contribution is -2.61. The summed E-state index contributed by atoms with van der Waals surface area (Å²) in [6.07, 6.45) is 1.27. The molecule has 3 rings (SSSR count). The highest BCUT2D eigenvalue weighted by Crippen LogP contribution is 2.40. The number of amides is 1. The molecule has 1 aromatic carbocycles. The highest BCUT2D eigenvalue weighted by molar-refractivity contribution is 5.79. The summed E-state index contributed by atoms with van der Waals surface area (Å²) in [5, 5.41) is 11.2. The lowest BCUT2D eigenvalue weighted by molar-refractivity contribution is -0.146. The number of likely N-dealkylation sites (tertiary alicyclic amines) is 2. The van der Waals surface area contributed by atoms with Crippen molar-refractivity contribution >= 4 is 5.91 Å². The minimum absolute atomic E-state index is 0.169. The van der Waals surface area contributed by atoms with Crippen LogP contribution in [-0.2, 0) is 4.79 Å². The van der Waals surface area contributed by atoms with Crippen LogP contribution in [0.25, 0.3) is 0 Å². The molecule has 1 amide bonds. The average Bonchev–Trinajstić information content (AvgIpc) is 2.85. The largest absolute Gasteiger partial charge is 0.387 e. The highest BCUT2D eigenvalue weighted by atomic mass is 16.3. The first-order chi connectivity index (χ1) is 10.8. The van der Waals surface area contributed by atoms with Crippen molar-refractivity contribution in [3.05, 3.63) is 35.9 Å². The van der Waals surface area contributed by atoms with Crippen molar-refractivity contribution in [2.45, 2.75) is 38.2 Å². The Hall–Kier alpha value is -1.39. The van der Waals surface area contributed by atoms with Crippen LogP contribution < -0.4 is 0 Å². The lowest BCUT2D eigenvalue weighted by atomic mass is 9.69. The molecule has 2 unspecified atom stereocenters. The minimum Gasteiger partial charge on any atom is -0.387 e. The molecule has 0 spiro atoms. The molecule has 2 aliphatic rings. The zero-order chi connectivity index (χ0) is 16.7. The fourth-order valence-corrected chi connectivity index (χ4v) is 4.10. The molecule has 0 bridgehead atoms. The number of rotatable bonds is 3. The van der Waals surface area contributed by atoms with Crippen molar-refractivity contribution in [1.29, 1.82) is 0 Å². The molecule has 4 nitrogen and oxygen atoms in total. The second kappa shape index (κ2) is 5.91. The van der Waals surface area contributed by atoms with E-state index in [2.05, 4.69) is 37.9 Å².